The standard InChI is InChI=1S/C16H11ClFNO3/c17-10-5-6-13(12(18)8-10)19-15(20)14-7-9-3-1-2-4-11(9)16(21)22-14/h1-6,8,14H,7H2,(H,19,20). The maximum Gasteiger partial charge on any atom is 0.339 e. The normalized spacial score (nSPS) is 16.6. The Morgan fingerprint density at radius 1 is 1.27 bits per heavy atom. The molecule has 0 saturated carbocycles. The van der Waals surface area contributed by atoms with Crippen LogP contribution in [0.3, 0.4) is 0 Å². The topological polar surface area (TPSA) is 55.4 Å². The maximum absolute atomic E-state index is 13.7. The van der Waals surface area contributed by atoms with Crippen molar-refractivity contribution in [2.45, 2.75) is 12.5 Å². The minimum Gasteiger partial charge on any atom is -0.448 e. The molecule has 2 aromatic rings. The summed E-state index contributed by atoms with van der Waals surface area (Å²) in [6.45, 7) is 0. The predicted octanol–water partition coefficient (Wildman–Crippen LogP) is 3.20. The second kappa shape index (κ2) is 5.77. The van der Waals surface area contributed by atoms with E-state index in [0.29, 0.717) is 5.56 Å². The van der Waals surface area contributed by atoms with E-state index in [9.17, 15) is 14.0 Å². The number of fused-ring (bicyclic) bond motifs is 1. The van der Waals surface area contributed by atoms with Crippen molar-refractivity contribution in [2.24, 2.45) is 0 Å². The van der Waals surface area contributed by atoms with Gasteiger partial charge in [0.05, 0.1) is 11.3 Å². The number of rotatable bonds is 2. The molecule has 112 valence electrons. The second-order valence-corrected chi connectivity index (χ2v) is 5.31. The van der Waals surface area contributed by atoms with Gasteiger partial charge in [-0.2, -0.15) is 0 Å². The number of hydrogen-bond donors (Lipinski definition) is 1. The molecule has 0 bridgehead atoms. The van der Waals surface area contributed by atoms with Crippen LogP contribution < -0.4 is 5.32 Å². The number of carbonyl (C=O) groups is 2. The van der Waals surface area contributed by atoms with Crippen LogP contribution in [0, 0.1) is 5.82 Å². The number of hydrogen-bond acceptors (Lipinski definition) is 3. The van der Waals surface area contributed by atoms with Gasteiger partial charge in [0.15, 0.2) is 6.10 Å². The molecular weight excluding hydrogens is 309 g/mol. The van der Waals surface area contributed by atoms with Crippen molar-refractivity contribution in [3.63, 3.8) is 0 Å². The van der Waals surface area contributed by atoms with Gasteiger partial charge in [-0.1, -0.05) is 29.8 Å². The Balaban J connectivity index is 1.78. The van der Waals surface area contributed by atoms with Crippen molar-refractivity contribution in [2.75, 3.05) is 5.32 Å². The van der Waals surface area contributed by atoms with Crippen molar-refractivity contribution in [3.8, 4) is 0 Å². The van der Waals surface area contributed by atoms with E-state index in [0.717, 1.165) is 11.6 Å². The summed E-state index contributed by atoms with van der Waals surface area (Å²) in [5, 5.41) is 2.64. The van der Waals surface area contributed by atoms with Gasteiger partial charge in [-0.15, -0.1) is 0 Å². The Bertz CT molecular complexity index is 763. The molecule has 1 amide bonds. The van der Waals surface area contributed by atoms with Gasteiger partial charge in [-0.25, -0.2) is 9.18 Å². The van der Waals surface area contributed by atoms with Gasteiger partial charge in [0.1, 0.15) is 5.82 Å². The Hall–Kier alpha value is -2.40. The Morgan fingerprint density at radius 2 is 2.05 bits per heavy atom. The first-order valence-electron chi connectivity index (χ1n) is 6.59. The molecule has 0 radical (unpaired) electrons. The fourth-order valence-electron chi connectivity index (χ4n) is 2.28. The number of halogens is 2. The van der Waals surface area contributed by atoms with Gasteiger partial charge in [0.2, 0.25) is 0 Å². The van der Waals surface area contributed by atoms with Crippen molar-refractivity contribution in [1.29, 1.82) is 0 Å². The summed E-state index contributed by atoms with van der Waals surface area (Å²) in [4.78, 5) is 24.0. The Morgan fingerprint density at radius 3 is 2.82 bits per heavy atom. The molecular formula is C16H11ClFNO3. The summed E-state index contributed by atoms with van der Waals surface area (Å²) in [5.74, 6) is -1.79. The molecule has 0 fully saturated rings. The van der Waals surface area contributed by atoms with Gasteiger partial charge < -0.3 is 10.1 Å². The third-order valence-corrected chi connectivity index (χ3v) is 3.61. The van der Waals surface area contributed by atoms with Crippen molar-refractivity contribution >= 4 is 29.2 Å². The minimum atomic E-state index is -0.988. The monoisotopic (exact) mass is 319 g/mol. The van der Waals surface area contributed by atoms with E-state index in [4.69, 9.17) is 16.3 Å². The maximum atomic E-state index is 13.7. The van der Waals surface area contributed by atoms with E-state index in [1.807, 2.05) is 0 Å². The quantitative estimate of drug-likeness (QED) is 0.865. The number of ether oxygens (including phenoxy) is 1. The molecule has 1 atom stereocenters. The van der Waals surface area contributed by atoms with Crippen LogP contribution >= 0.6 is 11.6 Å². The highest BCUT2D eigenvalue weighted by atomic mass is 35.5. The lowest BCUT2D eigenvalue weighted by molar-refractivity contribution is -0.125. The molecule has 2 aromatic carbocycles. The summed E-state index contributed by atoms with van der Waals surface area (Å²) >= 11 is 5.66. The highest BCUT2D eigenvalue weighted by Crippen LogP contribution is 2.23. The first kappa shape index (κ1) is 14.5. The summed E-state index contributed by atoms with van der Waals surface area (Å²) in [7, 11) is 0. The van der Waals surface area contributed by atoms with E-state index in [2.05, 4.69) is 5.32 Å². The number of benzene rings is 2. The van der Waals surface area contributed by atoms with E-state index in [-0.39, 0.29) is 17.1 Å². The summed E-state index contributed by atoms with van der Waals surface area (Å²) in [5.41, 5.74) is 1.17. The first-order valence-corrected chi connectivity index (χ1v) is 6.97. The van der Waals surface area contributed by atoms with E-state index in [1.54, 1.807) is 24.3 Å². The molecule has 4 nitrogen and oxygen atoms in total. The third-order valence-electron chi connectivity index (χ3n) is 3.37. The second-order valence-electron chi connectivity index (χ2n) is 4.87. The van der Waals surface area contributed by atoms with Crippen LogP contribution in [0.25, 0.3) is 0 Å². The molecule has 0 spiro atoms. The van der Waals surface area contributed by atoms with Crippen LogP contribution in [0.2, 0.25) is 5.02 Å². The number of amides is 1. The van der Waals surface area contributed by atoms with Gasteiger partial charge >= 0.3 is 5.97 Å². The zero-order valence-corrected chi connectivity index (χ0v) is 12.1. The summed E-state index contributed by atoms with van der Waals surface area (Å²) in [6.07, 6.45) is -0.736. The lowest BCUT2D eigenvalue weighted by Gasteiger charge is -2.23. The molecule has 0 aromatic heterocycles. The molecule has 3 rings (SSSR count). The van der Waals surface area contributed by atoms with Crippen LogP contribution in [0.4, 0.5) is 10.1 Å². The zero-order valence-electron chi connectivity index (χ0n) is 11.3. The average Bonchev–Trinajstić information content (AvgIpc) is 2.50. The largest absolute Gasteiger partial charge is 0.448 e. The van der Waals surface area contributed by atoms with Crippen LogP contribution in [0.15, 0.2) is 42.5 Å². The van der Waals surface area contributed by atoms with Gasteiger partial charge in [0, 0.05) is 11.4 Å². The van der Waals surface area contributed by atoms with E-state index in [1.165, 1.54) is 12.1 Å². The van der Waals surface area contributed by atoms with E-state index >= 15 is 0 Å². The zero-order chi connectivity index (χ0) is 15.7. The molecule has 1 unspecified atom stereocenters. The fraction of sp³-hybridized carbons (Fsp3) is 0.125. The Kier molecular flexibility index (Phi) is 3.81. The smallest absolute Gasteiger partial charge is 0.339 e. The fourth-order valence-corrected chi connectivity index (χ4v) is 2.44. The van der Waals surface area contributed by atoms with Crippen LogP contribution in [0.5, 0.6) is 0 Å². The number of cyclic esters (lactones) is 1. The molecule has 0 saturated heterocycles. The highest BCUT2D eigenvalue weighted by molar-refractivity contribution is 6.30. The SMILES string of the molecule is O=C1OC(C(=O)Nc2ccc(Cl)cc2F)Cc2ccccc21. The van der Waals surface area contributed by atoms with Crippen LogP contribution in [0.1, 0.15) is 15.9 Å². The van der Waals surface area contributed by atoms with Crippen LogP contribution in [-0.4, -0.2) is 18.0 Å². The van der Waals surface area contributed by atoms with Gasteiger partial charge in [0.25, 0.3) is 5.91 Å². The van der Waals surface area contributed by atoms with E-state index < -0.39 is 23.8 Å². The van der Waals surface area contributed by atoms with Gasteiger partial charge in [-0.3, -0.25) is 4.79 Å². The highest BCUT2D eigenvalue weighted by Gasteiger charge is 2.31. The molecule has 1 aliphatic heterocycles. The van der Waals surface area contributed by atoms with Crippen molar-refractivity contribution < 1.29 is 18.7 Å². The average molecular weight is 320 g/mol. The lowest BCUT2D eigenvalue weighted by Crippen LogP contribution is -2.38. The first-order chi connectivity index (χ1) is 10.5. The van der Waals surface area contributed by atoms with Gasteiger partial charge in [-0.05, 0) is 29.8 Å². The number of nitrogens with one attached hydrogen (secondary N) is 1. The Labute approximate surface area is 130 Å². The molecule has 1 N–H and O–H groups in total. The molecule has 6 heteroatoms. The van der Waals surface area contributed by atoms with Crippen molar-refractivity contribution in [3.05, 3.63) is 64.4 Å². The predicted molar refractivity (Wildman–Crippen MR) is 79.4 cm³/mol. The molecule has 1 heterocycles. The number of carbonyl (C=O) groups excluding carboxylic acids is 2. The number of esters is 1. The van der Waals surface area contributed by atoms with Crippen LogP contribution in [-0.2, 0) is 16.0 Å². The summed E-state index contributed by atoms with van der Waals surface area (Å²) in [6, 6.07) is 10.8. The summed E-state index contributed by atoms with van der Waals surface area (Å²) < 4.78 is 18.8. The molecule has 1 aliphatic rings. The molecule has 0 aliphatic carbocycles. The molecule has 22 heavy (non-hydrogen) atoms. The number of anilines is 1. The lowest BCUT2D eigenvalue weighted by atomic mass is 9.98. The van der Waals surface area contributed by atoms with Crippen molar-refractivity contribution in [1.82, 2.24) is 0 Å². The minimum absolute atomic E-state index is 0.00990. The third kappa shape index (κ3) is 2.80.